The predicted octanol–water partition coefficient (Wildman–Crippen LogP) is -1.73. The second kappa shape index (κ2) is 6.46. The van der Waals surface area contributed by atoms with Crippen LogP contribution >= 0.6 is 0 Å². The van der Waals surface area contributed by atoms with Crippen molar-refractivity contribution in [1.82, 2.24) is 0 Å². The second-order valence-corrected chi connectivity index (χ2v) is 4.77. The normalized spacial score (nSPS) is 31.7. The fourth-order valence-corrected chi connectivity index (χ4v) is 2.08. The maximum absolute atomic E-state index is 10.9. The molecule has 1 fully saturated rings. The fourth-order valence-electron chi connectivity index (χ4n) is 2.08. The van der Waals surface area contributed by atoms with Crippen LogP contribution in [0.5, 0.6) is 11.5 Å². The number of aromatic hydroxyl groups is 1. The van der Waals surface area contributed by atoms with Crippen molar-refractivity contribution in [1.29, 1.82) is 0 Å². The summed E-state index contributed by atoms with van der Waals surface area (Å²) in [4.78, 5) is 10.9. The van der Waals surface area contributed by atoms with E-state index in [0.29, 0.717) is 0 Å². The SMILES string of the molecule is O=C(O)c1cccc(OC2O[C@H](CO)[C@@H](O)[C@H](O)[C@H]2O)c1O. The number of carbonyl (C=O) groups is 1. The lowest BCUT2D eigenvalue weighted by atomic mass is 9.99. The third kappa shape index (κ3) is 2.98. The molecule has 0 radical (unpaired) electrons. The zero-order chi connectivity index (χ0) is 16.4. The Labute approximate surface area is 124 Å². The van der Waals surface area contributed by atoms with Crippen LogP contribution in [0.1, 0.15) is 10.4 Å². The van der Waals surface area contributed by atoms with Gasteiger partial charge in [-0.15, -0.1) is 0 Å². The number of benzene rings is 1. The molecule has 1 unspecified atom stereocenters. The molecule has 1 aromatic carbocycles. The summed E-state index contributed by atoms with van der Waals surface area (Å²) in [6, 6.07) is 3.70. The first-order chi connectivity index (χ1) is 10.4. The second-order valence-electron chi connectivity index (χ2n) is 4.77. The van der Waals surface area contributed by atoms with Gasteiger partial charge in [0.2, 0.25) is 6.29 Å². The van der Waals surface area contributed by atoms with Gasteiger partial charge in [0.15, 0.2) is 11.5 Å². The Morgan fingerprint density at radius 2 is 1.86 bits per heavy atom. The van der Waals surface area contributed by atoms with Crippen molar-refractivity contribution < 1.29 is 44.9 Å². The molecular weight excluding hydrogens is 300 g/mol. The molecule has 0 aromatic heterocycles. The van der Waals surface area contributed by atoms with Gasteiger partial charge in [0.25, 0.3) is 0 Å². The van der Waals surface area contributed by atoms with Crippen LogP contribution < -0.4 is 4.74 Å². The minimum Gasteiger partial charge on any atom is -0.504 e. The molecule has 2 rings (SSSR count). The fraction of sp³-hybridized carbons (Fsp3) is 0.462. The van der Waals surface area contributed by atoms with Crippen molar-refractivity contribution in [2.45, 2.75) is 30.7 Å². The van der Waals surface area contributed by atoms with Crippen LogP contribution in [-0.4, -0.2) is 73.9 Å². The molecule has 1 saturated heterocycles. The van der Waals surface area contributed by atoms with Gasteiger partial charge in [-0.3, -0.25) is 0 Å². The minimum absolute atomic E-state index is 0.288. The molecule has 6 N–H and O–H groups in total. The Bertz CT molecular complexity index is 544. The van der Waals surface area contributed by atoms with Crippen LogP contribution in [0.3, 0.4) is 0 Å². The van der Waals surface area contributed by atoms with Crippen molar-refractivity contribution >= 4 is 5.97 Å². The van der Waals surface area contributed by atoms with Gasteiger partial charge in [-0.05, 0) is 12.1 Å². The molecule has 22 heavy (non-hydrogen) atoms. The van der Waals surface area contributed by atoms with Gasteiger partial charge in [-0.1, -0.05) is 6.07 Å². The number of carboxylic acids is 1. The van der Waals surface area contributed by atoms with Gasteiger partial charge in [0.1, 0.15) is 30.0 Å². The minimum atomic E-state index is -1.66. The number of ether oxygens (including phenoxy) is 2. The number of carboxylic acid groups (broad SMARTS) is 1. The zero-order valence-electron chi connectivity index (χ0n) is 11.2. The molecule has 0 saturated carbocycles. The standard InChI is InChI=1S/C13H16O9/c14-4-7-9(16)10(17)11(18)13(22-7)21-6-3-1-2-5(8(6)15)12(19)20/h1-3,7,9-11,13-18H,4H2,(H,19,20)/t7-,9-,10+,11-,13?/m1/s1. The van der Waals surface area contributed by atoms with E-state index in [2.05, 4.69) is 0 Å². The molecule has 0 amide bonds. The van der Waals surface area contributed by atoms with E-state index in [-0.39, 0.29) is 5.75 Å². The molecule has 1 aromatic rings. The van der Waals surface area contributed by atoms with Gasteiger partial charge >= 0.3 is 5.97 Å². The summed E-state index contributed by atoms with van der Waals surface area (Å²) in [5.74, 6) is -2.34. The third-order valence-corrected chi connectivity index (χ3v) is 3.32. The highest BCUT2D eigenvalue weighted by molar-refractivity contribution is 5.91. The Morgan fingerprint density at radius 1 is 1.18 bits per heavy atom. The first-order valence-electron chi connectivity index (χ1n) is 6.39. The highest BCUT2D eigenvalue weighted by atomic mass is 16.7. The van der Waals surface area contributed by atoms with Gasteiger partial charge in [-0.2, -0.15) is 0 Å². The van der Waals surface area contributed by atoms with Crippen LogP contribution in [0, 0.1) is 0 Å². The average Bonchev–Trinajstić information content (AvgIpc) is 2.49. The lowest BCUT2D eigenvalue weighted by molar-refractivity contribution is -0.277. The molecule has 9 nitrogen and oxygen atoms in total. The summed E-state index contributed by atoms with van der Waals surface area (Å²) < 4.78 is 10.3. The molecule has 1 aliphatic rings. The molecular formula is C13H16O9. The molecule has 0 bridgehead atoms. The van der Waals surface area contributed by atoms with Crippen LogP contribution in [0.15, 0.2) is 18.2 Å². The monoisotopic (exact) mass is 316 g/mol. The summed E-state index contributed by atoms with van der Waals surface area (Å²) in [5, 5.41) is 56.9. The number of aromatic carboxylic acids is 1. The van der Waals surface area contributed by atoms with E-state index in [1.807, 2.05) is 0 Å². The molecule has 0 spiro atoms. The van der Waals surface area contributed by atoms with Crippen molar-refractivity contribution in [2.24, 2.45) is 0 Å². The Hall–Kier alpha value is -1.91. The van der Waals surface area contributed by atoms with E-state index < -0.39 is 54.6 Å². The first kappa shape index (κ1) is 16.5. The van der Waals surface area contributed by atoms with Crippen molar-refractivity contribution in [3.8, 4) is 11.5 Å². The number of phenols is 1. The number of para-hydroxylation sites is 1. The smallest absolute Gasteiger partial charge is 0.339 e. The van der Waals surface area contributed by atoms with Gasteiger partial charge in [0.05, 0.1) is 6.61 Å². The van der Waals surface area contributed by atoms with E-state index in [1.54, 1.807) is 0 Å². The summed E-state index contributed by atoms with van der Waals surface area (Å²) in [7, 11) is 0. The Morgan fingerprint density at radius 3 is 2.45 bits per heavy atom. The molecule has 1 heterocycles. The van der Waals surface area contributed by atoms with E-state index in [9.17, 15) is 25.2 Å². The molecule has 0 aliphatic carbocycles. The average molecular weight is 316 g/mol. The maximum atomic E-state index is 10.9. The lowest BCUT2D eigenvalue weighted by Crippen LogP contribution is -2.60. The molecule has 5 atom stereocenters. The molecule has 122 valence electrons. The van der Waals surface area contributed by atoms with E-state index in [0.717, 1.165) is 6.07 Å². The predicted molar refractivity (Wildman–Crippen MR) is 69.5 cm³/mol. The van der Waals surface area contributed by atoms with Crippen molar-refractivity contribution in [2.75, 3.05) is 6.61 Å². The van der Waals surface area contributed by atoms with Crippen LogP contribution in [0.25, 0.3) is 0 Å². The van der Waals surface area contributed by atoms with E-state index >= 15 is 0 Å². The topological polar surface area (TPSA) is 157 Å². The van der Waals surface area contributed by atoms with Crippen LogP contribution in [0.2, 0.25) is 0 Å². The van der Waals surface area contributed by atoms with Crippen LogP contribution in [-0.2, 0) is 4.74 Å². The first-order valence-corrected chi connectivity index (χ1v) is 6.39. The lowest BCUT2D eigenvalue weighted by Gasteiger charge is -2.39. The number of aliphatic hydroxyl groups is 4. The van der Waals surface area contributed by atoms with Gasteiger partial charge < -0.3 is 40.1 Å². The molecule has 9 heteroatoms. The van der Waals surface area contributed by atoms with Crippen molar-refractivity contribution in [3.05, 3.63) is 23.8 Å². The van der Waals surface area contributed by atoms with Crippen LogP contribution in [0.4, 0.5) is 0 Å². The largest absolute Gasteiger partial charge is 0.504 e. The van der Waals surface area contributed by atoms with E-state index in [4.69, 9.17) is 19.7 Å². The molecule has 1 aliphatic heterocycles. The Kier molecular flexibility index (Phi) is 4.84. The zero-order valence-corrected chi connectivity index (χ0v) is 11.2. The summed E-state index contributed by atoms with van der Waals surface area (Å²) in [6.07, 6.45) is -7.52. The summed E-state index contributed by atoms with van der Waals surface area (Å²) >= 11 is 0. The highest BCUT2D eigenvalue weighted by Crippen LogP contribution is 2.32. The summed E-state index contributed by atoms with van der Waals surface area (Å²) in [5.41, 5.74) is -0.415. The third-order valence-electron chi connectivity index (χ3n) is 3.32. The van der Waals surface area contributed by atoms with Crippen molar-refractivity contribution in [3.63, 3.8) is 0 Å². The Balaban J connectivity index is 2.23. The quantitative estimate of drug-likeness (QED) is 0.380. The van der Waals surface area contributed by atoms with Gasteiger partial charge in [0, 0.05) is 0 Å². The summed E-state index contributed by atoms with van der Waals surface area (Å²) in [6.45, 7) is -0.633. The number of hydrogen-bond acceptors (Lipinski definition) is 8. The number of hydrogen-bond donors (Lipinski definition) is 6. The highest BCUT2D eigenvalue weighted by Gasteiger charge is 2.45. The number of rotatable bonds is 4. The van der Waals surface area contributed by atoms with Gasteiger partial charge in [-0.25, -0.2) is 4.79 Å². The number of aliphatic hydroxyl groups excluding tert-OH is 4. The van der Waals surface area contributed by atoms with E-state index in [1.165, 1.54) is 12.1 Å². The maximum Gasteiger partial charge on any atom is 0.339 e.